The van der Waals surface area contributed by atoms with Gasteiger partial charge in [0.1, 0.15) is 6.61 Å². The summed E-state index contributed by atoms with van der Waals surface area (Å²) >= 11 is 0. The molecule has 0 radical (unpaired) electrons. The number of carbonyl (C=O) groups excluding carboxylic acids is 2. The van der Waals surface area contributed by atoms with Crippen LogP contribution < -0.4 is 4.57 Å². The van der Waals surface area contributed by atoms with Gasteiger partial charge in [-0.1, -0.05) is 12.1 Å². The predicted octanol–water partition coefficient (Wildman–Crippen LogP) is 2.10. The van der Waals surface area contributed by atoms with Crippen LogP contribution in [0, 0.1) is 0 Å². The van der Waals surface area contributed by atoms with Crippen LogP contribution in [0.3, 0.4) is 0 Å². The van der Waals surface area contributed by atoms with Crippen molar-refractivity contribution >= 4 is 34.5 Å². The highest BCUT2D eigenvalue weighted by molar-refractivity contribution is 6.26. The maximum atomic E-state index is 12.4. The van der Waals surface area contributed by atoms with Crippen LogP contribution in [0.5, 0.6) is 0 Å². The molecular weight excluding hydrogens is 342 g/mol. The number of imide groups is 1. The fourth-order valence-corrected chi connectivity index (χ4v) is 3.28. The highest BCUT2D eigenvalue weighted by Crippen LogP contribution is 2.35. The van der Waals surface area contributed by atoms with E-state index in [0.29, 0.717) is 28.7 Å². The molecule has 0 spiro atoms. The molecular formula is C21H18N3O3+. The van der Waals surface area contributed by atoms with Crippen molar-refractivity contribution in [2.24, 2.45) is 4.99 Å². The molecule has 0 unspecified atom stereocenters. The Morgan fingerprint density at radius 3 is 2.44 bits per heavy atom. The highest BCUT2D eigenvalue weighted by atomic mass is 16.3. The van der Waals surface area contributed by atoms with Crippen LogP contribution in [0.25, 0.3) is 10.8 Å². The lowest BCUT2D eigenvalue weighted by molar-refractivity contribution is -0.698. The zero-order valence-corrected chi connectivity index (χ0v) is 14.8. The smallest absolute Gasteiger partial charge is 0.261 e. The summed E-state index contributed by atoms with van der Waals surface area (Å²) in [5.41, 5.74) is 2.65. The number of hydrogen-bond donors (Lipinski definition) is 1. The van der Waals surface area contributed by atoms with Crippen molar-refractivity contribution < 1.29 is 19.3 Å². The number of aliphatic hydroxyl groups excluding tert-OH is 1. The maximum absolute atomic E-state index is 12.4. The van der Waals surface area contributed by atoms with Gasteiger partial charge >= 0.3 is 0 Å². The number of hydrogen-bond acceptors (Lipinski definition) is 4. The zero-order valence-electron chi connectivity index (χ0n) is 14.8. The van der Waals surface area contributed by atoms with Crippen molar-refractivity contribution in [2.45, 2.75) is 6.54 Å². The quantitative estimate of drug-likeness (QED) is 0.440. The first-order valence-corrected chi connectivity index (χ1v) is 8.62. The molecule has 2 amide bonds. The van der Waals surface area contributed by atoms with E-state index >= 15 is 0 Å². The minimum absolute atomic E-state index is 0.0887. The highest BCUT2D eigenvalue weighted by Gasteiger charge is 2.30. The third-order valence-corrected chi connectivity index (χ3v) is 4.72. The standard InChI is InChI=1S/C21H18N3O3/c1-23-20(26)16-4-2-3-15-18(6-5-17(19(15)16)21(23)27)22-13-14-7-9-24(10-8-14)11-12-25/h2-10,13,25H,11-12H2,1H3/q+1. The van der Waals surface area contributed by atoms with Crippen molar-refractivity contribution in [3.05, 3.63) is 71.5 Å². The molecule has 6 nitrogen and oxygen atoms in total. The fourth-order valence-electron chi connectivity index (χ4n) is 3.28. The Bertz CT molecular complexity index is 1070. The van der Waals surface area contributed by atoms with Gasteiger partial charge in [-0.15, -0.1) is 0 Å². The Morgan fingerprint density at radius 2 is 1.74 bits per heavy atom. The van der Waals surface area contributed by atoms with Crippen LogP contribution in [0.4, 0.5) is 5.69 Å². The van der Waals surface area contributed by atoms with Gasteiger partial charge in [0.2, 0.25) is 0 Å². The number of pyridine rings is 1. The average Bonchev–Trinajstić information content (AvgIpc) is 2.70. The third-order valence-electron chi connectivity index (χ3n) is 4.72. The number of aliphatic hydroxyl groups is 1. The van der Waals surface area contributed by atoms with Crippen LogP contribution in [-0.2, 0) is 6.54 Å². The molecule has 0 saturated carbocycles. The van der Waals surface area contributed by atoms with Gasteiger partial charge in [0, 0.05) is 52.9 Å². The summed E-state index contributed by atoms with van der Waals surface area (Å²) in [5.74, 6) is -0.591. The van der Waals surface area contributed by atoms with Crippen LogP contribution in [-0.4, -0.2) is 41.7 Å². The number of nitrogens with zero attached hydrogens (tertiary/aromatic N) is 3. The Balaban J connectivity index is 1.76. The lowest BCUT2D eigenvalue weighted by Gasteiger charge is -2.24. The monoisotopic (exact) mass is 360 g/mol. The summed E-state index contributed by atoms with van der Waals surface area (Å²) in [5, 5.41) is 10.4. The van der Waals surface area contributed by atoms with Crippen molar-refractivity contribution in [3.8, 4) is 0 Å². The van der Waals surface area contributed by atoms with Crippen molar-refractivity contribution in [1.82, 2.24) is 4.90 Å². The minimum atomic E-state index is -0.296. The van der Waals surface area contributed by atoms with Gasteiger partial charge < -0.3 is 5.11 Å². The molecule has 0 aliphatic carbocycles. The first-order valence-electron chi connectivity index (χ1n) is 8.62. The molecule has 134 valence electrons. The average molecular weight is 360 g/mol. The summed E-state index contributed by atoms with van der Waals surface area (Å²) in [6.45, 7) is 0.633. The molecule has 0 atom stereocenters. The Labute approximate surface area is 156 Å². The summed E-state index contributed by atoms with van der Waals surface area (Å²) in [7, 11) is 1.50. The summed E-state index contributed by atoms with van der Waals surface area (Å²) in [6, 6.07) is 12.8. The molecule has 1 aliphatic heterocycles. The molecule has 1 aliphatic rings. The van der Waals surface area contributed by atoms with Gasteiger partial charge in [0.15, 0.2) is 18.9 Å². The first-order chi connectivity index (χ1) is 13.1. The number of carbonyl (C=O) groups is 2. The van der Waals surface area contributed by atoms with Crippen LogP contribution >= 0.6 is 0 Å². The second-order valence-corrected chi connectivity index (χ2v) is 6.38. The normalized spacial score (nSPS) is 13.8. The van der Waals surface area contributed by atoms with Gasteiger partial charge in [-0.05, 0) is 18.2 Å². The van der Waals surface area contributed by atoms with Crippen molar-refractivity contribution in [2.75, 3.05) is 13.7 Å². The SMILES string of the molecule is CN1C(=O)c2cccc3c(N=Cc4cc[n+](CCO)cc4)ccc(c23)C1=O. The van der Waals surface area contributed by atoms with E-state index in [-0.39, 0.29) is 18.4 Å². The maximum Gasteiger partial charge on any atom is 0.261 e. The largest absolute Gasteiger partial charge is 0.390 e. The molecule has 6 heteroatoms. The molecule has 4 rings (SSSR count). The number of benzene rings is 2. The summed E-state index contributed by atoms with van der Waals surface area (Å²) < 4.78 is 1.88. The lowest BCUT2D eigenvalue weighted by atomic mass is 9.93. The minimum Gasteiger partial charge on any atom is -0.390 e. The number of amides is 2. The Kier molecular flexibility index (Phi) is 4.25. The molecule has 1 aromatic heterocycles. The number of aliphatic imine (C=N–C) groups is 1. The molecule has 0 bridgehead atoms. The first kappa shape index (κ1) is 17.1. The summed E-state index contributed by atoms with van der Waals surface area (Å²) in [6.07, 6.45) is 5.50. The zero-order chi connectivity index (χ0) is 19.0. The molecule has 2 heterocycles. The molecule has 27 heavy (non-hydrogen) atoms. The fraction of sp³-hybridized carbons (Fsp3) is 0.143. The van der Waals surface area contributed by atoms with Crippen molar-refractivity contribution in [3.63, 3.8) is 0 Å². The van der Waals surface area contributed by atoms with E-state index in [0.717, 1.165) is 15.8 Å². The van der Waals surface area contributed by atoms with E-state index in [9.17, 15) is 9.59 Å². The van der Waals surface area contributed by atoms with E-state index in [4.69, 9.17) is 5.11 Å². The number of rotatable bonds is 4. The molecule has 2 aromatic carbocycles. The second-order valence-electron chi connectivity index (χ2n) is 6.38. The topological polar surface area (TPSA) is 73.8 Å². The van der Waals surface area contributed by atoms with Gasteiger partial charge in [0.05, 0.1) is 5.69 Å². The second kappa shape index (κ2) is 6.74. The van der Waals surface area contributed by atoms with Crippen LogP contribution in [0.1, 0.15) is 26.3 Å². The van der Waals surface area contributed by atoms with Gasteiger partial charge in [0.25, 0.3) is 11.8 Å². The van der Waals surface area contributed by atoms with Gasteiger partial charge in [-0.2, -0.15) is 0 Å². The van der Waals surface area contributed by atoms with Gasteiger partial charge in [-0.25, -0.2) is 4.57 Å². The number of aromatic nitrogens is 1. The van der Waals surface area contributed by atoms with Crippen molar-refractivity contribution in [1.29, 1.82) is 0 Å². The van der Waals surface area contributed by atoms with Crippen LogP contribution in [0.15, 0.2) is 59.9 Å². The molecule has 0 fully saturated rings. The van der Waals surface area contributed by atoms with E-state index in [1.807, 2.05) is 41.2 Å². The Morgan fingerprint density at radius 1 is 1.04 bits per heavy atom. The summed E-state index contributed by atoms with van der Waals surface area (Å²) in [4.78, 5) is 30.6. The van der Waals surface area contributed by atoms with E-state index in [2.05, 4.69) is 4.99 Å². The third kappa shape index (κ3) is 2.90. The molecule has 3 aromatic rings. The predicted molar refractivity (Wildman–Crippen MR) is 101 cm³/mol. The van der Waals surface area contributed by atoms with Crippen LogP contribution in [0.2, 0.25) is 0 Å². The lowest BCUT2D eigenvalue weighted by Crippen LogP contribution is -2.36. The van der Waals surface area contributed by atoms with E-state index in [1.165, 1.54) is 7.05 Å². The van der Waals surface area contributed by atoms with E-state index in [1.54, 1.807) is 24.4 Å². The molecule has 0 saturated heterocycles. The van der Waals surface area contributed by atoms with Gasteiger partial charge in [-0.3, -0.25) is 19.5 Å². The Hall–Kier alpha value is -3.38. The molecule has 1 N–H and O–H groups in total. The van der Waals surface area contributed by atoms with E-state index < -0.39 is 0 Å².